The largest absolute Gasteiger partial charge is 0.495 e. The first kappa shape index (κ1) is 19.6. The summed E-state index contributed by atoms with van der Waals surface area (Å²) in [5.41, 5.74) is 4.07. The summed E-state index contributed by atoms with van der Waals surface area (Å²) in [6, 6.07) is 13.2. The molecule has 0 aliphatic carbocycles. The molecule has 0 unspecified atom stereocenters. The van der Waals surface area contributed by atoms with Crippen LogP contribution in [0.25, 0.3) is 0 Å². The van der Waals surface area contributed by atoms with Crippen molar-refractivity contribution in [3.05, 3.63) is 76.2 Å². The molecule has 1 heterocycles. The summed E-state index contributed by atoms with van der Waals surface area (Å²) in [5, 5.41) is 6.63. The van der Waals surface area contributed by atoms with Gasteiger partial charge in [-0.2, -0.15) is 0 Å². The molecule has 1 amide bonds. The molecule has 0 atom stereocenters. The summed E-state index contributed by atoms with van der Waals surface area (Å²) in [5.74, 6) is 0.792. The number of halogens is 1. The van der Waals surface area contributed by atoms with Gasteiger partial charge in [0.15, 0.2) is 0 Å². The Hall–Kier alpha value is -3.12. The lowest BCUT2D eigenvalue weighted by atomic mass is 10.1. The van der Waals surface area contributed by atoms with Crippen LogP contribution in [0.1, 0.15) is 27.2 Å². The van der Waals surface area contributed by atoms with Crippen LogP contribution in [0.3, 0.4) is 0 Å². The lowest BCUT2D eigenvalue weighted by Gasteiger charge is -2.13. The van der Waals surface area contributed by atoms with Gasteiger partial charge in [0.25, 0.3) is 5.91 Å². The summed E-state index contributed by atoms with van der Waals surface area (Å²) in [6.45, 7) is 4.35. The normalized spacial score (nSPS) is 10.4. The van der Waals surface area contributed by atoms with E-state index in [9.17, 15) is 4.79 Å². The Morgan fingerprint density at radius 1 is 1.11 bits per heavy atom. The molecule has 1 aromatic heterocycles. The van der Waals surface area contributed by atoms with E-state index in [1.807, 2.05) is 44.2 Å². The van der Waals surface area contributed by atoms with Gasteiger partial charge in [0.1, 0.15) is 23.6 Å². The predicted octanol–water partition coefficient (Wildman–Crippen LogP) is 4.43. The molecule has 0 spiro atoms. The molecule has 0 aliphatic heterocycles. The molecule has 2 N–H and O–H groups in total. The Kier molecular flexibility index (Phi) is 6.11. The van der Waals surface area contributed by atoms with E-state index in [0.717, 1.165) is 11.1 Å². The van der Waals surface area contributed by atoms with Gasteiger partial charge < -0.3 is 15.4 Å². The summed E-state index contributed by atoms with van der Waals surface area (Å²) in [7, 11) is 1.57. The standard InChI is InChI=1S/C21H21ClN4O2/c1-13-4-6-15(7-5-13)11-23-21(27)18-10-20(25-12-24-18)26-17-8-14(2)16(22)9-19(17)28-3/h4-10,12H,11H2,1-3H3,(H,23,27)(H,24,25,26). The second kappa shape index (κ2) is 8.71. The van der Waals surface area contributed by atoms with Gasteiger partial charge in [0, 0.05) is 23.7 Å². The minimum Gasteiger partial charge on any atom is -0.495 e. The Morgan fingerprint density at radius 2 is 1.86 bits per heavy atom. The quantitative estimate of drug-likeness (QED) is 0.644. The Morgan fingerprint density at radius 3 is 2.57 bits per heavy atom. The summed E-state index contributed by atoms with van der Waals surface area (Å²) in [6.07, 6.45) is 1.35. The minimum atomic E-state index is -0.273. The summed E-state index contributed by atoms with van der Waals surface area (Å²) < 4.78 is 5.36. The zero-order valence-electron chi connectivity index (χ0n) is 15.9. The number of amides is 1. The van der Waals surface area contributed by atoms with Crippen LogP contribution in [-0.4, -0.2) is 23.0 Å². The minimum absolute atomic E-state index is 0.272. The number of aryl methyl sites for hydroxylation is 2. The number of methoxy groups -OCH3 is 1. The number of hydrogen-bond acceptors (Lipinski definition) is 5. The smallest absolute Gasteiger partial charge is 0.270 e. The van der Waals surface area contributed by atoms with Gasteiger partial charge in [0.2, 0.25) is 0 Å². The average molecular weight is 397 g/mol. The first-order valence-electron chi connectivity index (χ1n) is 8.73. The Bertz CT molecular complexity index is 990. The van der Waals surface area contributed by atoms with E-state index in [-0.39, 0.29) is 11.6 Å². The third-order valence-corrected chi connectivity index (χ3v) is 4.62. The number of carbonyl (C=O) groups is 1. The number of ether oxygens (including phenoxy) is 1. The number of nitrogens with one attached hydrogen (secondary N) is 2. The van der Waals surface area contributed by atoms with E-state index in [0.29, 0.717) is 28.8 Å². The van der Waals surface area contributed by atoms with Crippen molar-refractivity contribution in [3.8, 4) is 5.75 Å². The van der Waals surface area contributed by atoms with Crippen LogP contribution in [0, 0.1) is 13.8 Å². The maximum atomic E-state index is 12.4. The fourth-order valence-electron chi connectivity index (χ4n) is 2.60. The molecule has 3 rings (SSSR count). The van der Waals surface area contributed by atoms with Crippen molar-refractivity contribution >= 4 is 29.0 Å². The van der Waals surface area contributed by atoms with Gasteiger partial charge >= 0.3 is 0 Å². The molecule has 28 heavy (non-hydrogen) atoms. The molecule has 0 bridgehead atoms. The highest BCUT2D eigenvalue weighted by Gasteiger charge is 2.11. The van der Waals surface area contributed by atoms with Gasteiger partial charge in [0.05, 0.1) is 12.8 Å². The van der Waals surface area contributed by atoms with Crippen molar-refractivity contribution < 1.29 is 9.53 Å². The van der Waals surface area contributed by atoms with Gasteiger partial charge in [-0.1, -0.05) is 41.4 Å². The number of hydrogen-bond donors (Lipinski definition) is 2. The monoisotopic (exact) mass is 396 g/mol. The van der Waals surface area contributed by atoms with Crippen molar-refractivity contribution in [3.63, 3.8) is 0 Å². The maximum absolute atomic E-state index is 12.4. The van der Waals surface area contributed by atoms with Gasteiger partial charge in [-0.05, 0) is 31.0 Å². The van der Waals surface area contributed by atoms with Crippen LogP contribution in [0.2, 0.25) is 5.02 Å². The molecule has 3 aromatic rings. The Balaban J connectivity index is 1.72. The molecule has 144 valence electrons. The summed E-state index contributed by atoms with van der Waals surface area (Å²) >= 11 is 6.14. The van der Waals surface area contributed by atoms with Crippen LogP contribution in [-0.2, 0) is 6.54 Å². The van der Waals surface area contributed by atoms with Gasteiger partial charge in [-0.15, -0.1) is 0 Å². The number of nitrogens with zero attached hydrogens (tertiary/aromatic N) is 2. The second-order valence-electron chi connectivity index (χ2n) is 6.38. The van der Waals surface area contributed by atoms with E-state index in [4.69, 9.17) is 16.3 Å². The zero-order chi connectivity index (χ0) is 20.1. The van der Waals surface area contributed by atoms with Crippen LogP contribution in [0.4, 0.5) is 11.5 Å². The predicted molar refractivity (Wildman–Crippen MR) is 110 cm³/mol. The highest BCUT2D eigenvalue weighted by atomic mass is 35.5. The van der Waals surface area contributed by atoms with Crippen LogP contribution < -0.4 is 15.4 Å². The number of aromatic nitrogens is 2. The molecule has 6 nitrogen and oxygen atoms in total. The third-order valence-electron chi connectivity index (χ3n) is 4.22. The molecular weight excluding hydrogens is 376 g/mol. The molecule has 0 fully saturated rings. The van der Waals surface area contributed by atoms with E-state index in [1.54, 1.807) is 19.2 Å². The lowest BCUT2D eigenvalue weighted by molar-refractivity contribution is 0.0946. The molecule has 7 heteroatoms. The first-order chi connectivity index (χ1) is 13.5. The fourth-order valence-corrected chi connectivity index (χ4v) is 2.75. The van der Waals surface area contributed by atoms with Crippen molar-refractivity contribution in [1.82, 2.24) is 15.3 Å². The fraction of sp³-hybridized carbons (Fsp3) is 0.190. The van der Waals surface area contributed by atoms with Crippen molar-refractivity contribution in [2.45, 2.75) is 20.4 Å². The number of anilines is 2. The summed E-state index contributed by atoms with van der Waals surface area (Å²) in [4.78, 5) is 20.7. The first-order valence-corrected chi connectivity index (χ1v) is 9.11. The SMILES string of the molecule is COc1cc(Cl)c(C)cc1Nc1cc(C(=O)NCc2ccc(C)cc2)ncn1. The van der Waals surface area contributed by atoms with Crippen molar-refractivity contribution in [1.29, 1.82) is 0 Å². The maximum Gasteiger partial charge on any atom is 0.270 e. The second-order valence-corrected chi connectivity index (χ2v) is 6.79. The van der Waals surface area contributed by atoms with E-state index < -0.39 is 0 Å². The molecular formula is C21H21ClN4O2. The van der Waals surface area contributed by atoms with Gasteiger partial charge in [-0.25, -0.2) is 9.97 Å². The van der Waals surface area contributed by atoms with E-state index in [2.05, 4.69) is 20.6 Å². The molecule has 2 aromatic carbocycles. The van der Waals surface area contributed by atoms with E-state index in [1.165, 1.54) is 11.9 Å². The molecule has 0 aliphatic rings. The highest BCUT2D eigenvalue weighted by Crippen LogP contribution is 2.32. The molecule has 0 saturated heterocycles. The Labute approximate surface area is 168 Å². The van der Waals surface area contributed by atoms with Crippen molar-refractivity contribution in [2.24, 2.45) is 0 Å². The number of benzene rings is 2. The number of carbonyl (C=O) groups excluding carboxylic acids is 1. The highest BCUT2D eigenvalue weighted by molar-refractivity contribution is 6.31. The zero-order valence-corrected chi connectivity index (χ0v) is 16.7. The molecule has 0 saturated carbocycles. The topological polar surface area (TPSA) is 76.1 Å². The number of rotatable bonds is 6. The van der Waals surface area contributed by atoms with Crippen LogP contribution in [0.15, 0.2) is 48.8 Å². The van der Waals surface area contributed by atoms with Crippen molar-refractivity contribution in [2.75, 3.05) is 12.4 Å². The lowest BCUT2D eigenvalue weighted by Crippen LogP contribution is -2.24. The third kappa shape index (κ3) is 4.78. The van der Waals surface area contributed by atoms with Gasteiger partial charge in [-0.3, -0.25) is 4.79 Å². The van der Waals surface area contributed by atoms with Crippen LogP contribution >= 0.6 is 11.6 Å². The molecule has 0 radical (unpaired) electrons. The van der Waals surface area contributed by atoms with Crippen LogP contribution in [0.5, 0.6) is 5.75 Å². The average Bonchev–Trinajstić information content (AvgIpc) is 2.70. The van der Waals surface area contributed by atoms with E-state index >= 15 is 0 Å².